The first-order chi connectivity index (χ1) is 8.97. The normalized spacial score (nSPS) is 14.2. The van der Waals surface area contributed by atoms with Crippen molar-refractivity contribution in [3.05, 3.63) is 21.3 Å². The second-order valence-corrected chi connectivity index (χ2v) is 6.40. The highest BCUT2D eigenvalue weighted by molar-refractivity contribution is 7.16. The summed E-state index contributed by atoms with van der Waals surface area (Å²) >= 11 is 7.26. The van der Waals surface area contributed by atoms with Crippen LogP contribution in [0, 0.1) is 0 Å². The third-order valence-electron chi connectivity index (χ3n) is 2.89. The number of carbonyl (C=O) groups excluding carboxylic acids is 1. The van der Waals surface area contributed by atoms with Crippen LogP contribution in [0.15, 0.2) is 12.1 Å². The molecule has 0 saturated heterocycles. The molecule has 1 aromatic heterocycles. The van der Waals surface area contributed by atoms with Gasteiger partial charge in [0.15, 0.2) is 0 Å². The second kappa shape index (κ2) is 5.79. The van der Waals surface area contributed by atoms with Crippen LogP contribution >= 0.6 is 22.9 Å². The van der Waals surface area contributed by atoms with Crippen LogP contribution in [0.25, 0.3) is 0 Å². The zero-order valence-corrected chi connectivity index (χ0v) is 12.1. The van der Waals surface area contributed by atoms with Gasteiger partial charge in [0, 0.05) is 18.0 Å². The van der Waals surface area contributed by atoms with Gasteiger partial charge in [0.05, 0.1) is 10.9 Å². The summed E-state index contributed by atoms with van der Waals surface area (Å²) in [6.07, 6.45) is 1.77. The van der Waals surface area contributed by atoms with Gasteiger partial charge in [-0.05, 0) is 25.0 Å². The van der Waals surface area contributed by atoms with E-state index in [1.807, 2.05) is 6.07 Å². The number of amides is 2. The monoisotopic (exact) mass is 302 g/mol. The highest BCUT2D eigenvalue weighted by atomic mass is 35.5. The van der Waals surface area contributed by atoms with E-state index < -0.39 is 5.97 Å². The predicted octanol–water partition coefficient (Wildman–Crippen LogP) is 2.50. The third kappa shape index (κ3) is 3.84. The SMILES string of the molecule is CN(Cc1ccc(Cl)s1)C(=O)N(CC(=O)O)C1CC1. The van der Waals surface area contributed by atoms with Gasteiger partial charge in [-0.2, -0.15) is 0 Å². The Morgan fingerprint density at radius 2 is 2.16 bits per heavy atom. The van der Waals surface area contributed by atoms with E-state index in [1.54, 1.807) is 13.1 Å². The first-order valence-electron chi connectivity index (χ1n) is 5.95. The van der Waals surface area contributed by atoms with Crippen LogP contribution in [-0.4, -0.2) is 46.5 Å². The fourth-order valence-corrected chi connectivity index (χ4v) is 2.98. The number of urea groups is 1. The van der Waals surface area contributed by atoms with Crippen molar-refractivity contribution >= 4 is 34.9 Å². The van der Waals surface area contributed by atoms with Gasteiger partial charge in [0.2, 0.25) is 0 Å². The van der Waals surface area contributed by atoms with Crippen LogP contribution in [-0.2, 0) is 11.3 Å². The van der Waals surface area contributed by atoms with Gasteiger partial charge in [-0.1, -0.05) is 11.6 Å². The van der Waals surface area contributed by atoms with E-state index in [0.717, 1.165) is 17.7 Å². The predicted molar refractivity (Wildman–Crippen MR) is 73.6 cm³/mol. The molecule has 1 aliphatic rings. The molecule has 1 aromatic rings. The number of hydrogen-bond acceptors (Lipinski definition) is 3. The van der Waals surface area contributed by atoms with Crippen LogP contribution in [0.2, 0.25) is 4.34 Å². The van der Waals surface area contributed by atoms with Crippen LogP contribution in [0.4, 0.5) is 4.79 Å². The van der Waals surface area contributed by atoms with Gasteiger partial charge in [-0.3, -0.25) is 4.79 Å². The molecule has 1 saturated carbocycles. The van der Waals surface area contributed by atoms with E-state index in [4.69, 9.17) is 16.7 Å². The number of aliphatic carboxylic acids is 1. The van der Waals surface area contributed by atoms with E-state index in [0.29, 0.717) is 10.9 Å². The summed E-state index contributed by atoms with van der Waals surface area (Å²) in [6, 6.07) is 3.50. The maximum atomic E-state index is 12.2. The van der Waals surface area contributed by atoms with E-state index in [2.05, 4.69) is 0 Å². The largest absolute Gasteiger partial charge is 0.480 e. The van der Waals surface area contributed by atoms with Gasteiger partial charge in [0.1, 0.15) is 6.54 Å². The van der Waals surface area contributed by atoms with Crippen molar-refractivity contribution in [2.45, 2.75) is 25.4 Å². The molecule has 0 atom stereocenters. The van der Waals surface area contributed by atoms with Gasteiger partial charge < -0.3 is 14.9 Å². The lowest BCUT2D eigenvalue weighted by atomic mass is 10.4. The molecule has 19 heavy (non-hydrogen) atoms. The molecule has 7 heteroatoms. The highest BCUT2D eigenvalue weighted by Gasteiger charge is 2.35. The summed E-state index contributed by atoms with van der Waals surface area (Å²) in [5.41, 5.74) is 0. The summed E-state index contributed by atoms with van der Waals surface area (Å²) in [5, 5.41) is 8.86. The molecule has 0 unspecified atom stereocenters. The Labute approximate surface area is 120 Å². The summed E-state index contributed by atoms with van der Waals surface area (Å²) < 4.78 is 0.681. The number of rotatable bonds is 5. The third-order valence-corrected chi connectivity index (χ3v) is 4.10. The van der Waals surface area contributed by atoms with Crippen molar-refractivity contribution in [3.8, 4) is 0 Å². The van der Waals surface area contributed by atoms with Gasteiger partial charge in [-0.15, -0.1) is 11.3 Å². The number of thiophene rings is 1. The zero-order valence-electron chi connectivity index (χ0n) is 10.5. The average Bonchev–Trinajstić information content (AvgIpc) is 3.09. The van der Waals surface area contributed by atoms with E-state index in [-0.39, 0.29) is 18.6 Å². The van der Waals surface area contributed by atoms with Crippen LogP contribution in [0.3, 0.4) is 0 Å². The van der Waals surface area contributed by atoms with Crippen molar-refractivity contribution in [3.63, 3.8) is 0 Å². The molecule has 1 N–H and O–H groups in total. The molecular formula is C12H15ClN2O3S. The molecule has 1 fully saturated rings. The molecule has 2 amide bonds. The quantitative estimate of drug-likeness (QED) is 0.909. The zero-order chi connectivity index (χ0) is 14.0. The van der Waals surface area contributed by atoms with Crippen molar-refractivity contribution in [2.24, 2.45) is 0 Å². The van der Waals surface area contributed by atoms with Gasteiger partial charge >= 0.3 is 12.0 Å². The summed E-state index contributed by atoms with van der Waals surface area (Å²) in [5.74, 6) is -0.979. The average molecular weight is 303 g/mol. The molecule has 2 rings (SSSR count). The maximum absolute atomic E-state index is 12.2. The van der Waals surface area contributed by atoms with E-state index in [1.165, 1.54) is 21.1 Å². The number of carbonyl (C=O) groups is 2. The first-order valence-corrected chi connectivity index (χ1v) is 7.14. The fourth-order valence-electron chi connectivity index (χ4n) is 1.84. The maximum Gasteiger partial charge on any atom is 0.323 e. The van der Waals surface area contributed by atoms with Crippen LogP contribution in [0.1, 0.15) is 17.7 Å². The Hall–Kier alpha value is -1.27. The fraction of sp³-hybridized carbons (Fsp3) is 0.500. The molecule has 1 aliphatic carbocycles. The molecule has 104 valence electrons. The van der Waals surface area contributed by atoms with E-state index in [9.17, 15) is 9.59 Å². The van der Waals surface area contributed by atoms with Crippen molar-refractivity contribution in [1.82, 2.24) is 9.80 Å². The Kier molecular flexibility index (Phi) is 4.31. The summed E-state index contributed by atoms with van der Waals surface area (Å²) in [4.78, 5) is 27.0. The van der Waals surface area contributed by atoms with Gasteiger partial charge in [0.25, 0.3) is 0 Å². The molecule has 0 spiro atoms. The molecule has 5 nitrogen and oxygen atoms in total. The number of hydrogen-bond donors (Lipinski definition) is 1. The molecule has 0 aromatic carbocycles. The number of halogens is 1. The standard InChI is InChI=1S/C12H15ClN2O3S/c1-14(6-9-4-5-10(13)19-9)12(18)15(7-11(16)17)8-2-3-8/h4-5,8H,2-3,6-7H2,1H3,(H,16,17). The first kappa shape index (κ1) is 14.1. The lowest BCUT2D eigenvalue weighted by molar-refractivity contribution is -0.137. The molecule has 0 bridgehead atoms. The van der Waals surface area contributed by atoms with Crippen LogP contribution in [0.5, 0.6) is 0 Å². The molecular weight excluding hydrogens is 288 g/mol. The van der Waals surface area contributed by atoms with Gasteiger partial charge in [-0.25, -0.2) is 4.79 Å². The van der Waals surface area contributed by atoms with Crippen LogP contribution < -0.4 is 0 Å². The van der Waals surface area contributed by atoms with Crippen molar-refractivity contribution < 1.29 is 14.7 Å². The number of carboxylic acids is 1. The van der Waals surface area contributed by atoms with E-state index >= 15 is 0 Å². The Balaban J connectivity index is 1.98. The minimum atomic E-state index is -0.979. The Morgan fingerprint density at radius 3 is 2.63 bits per heavy atom. The van der Waals surface area contributed by atoms with Crippen molar-refractivity contribution in [2.75, 3.05) is 13.6 Å². The number of carboxylic acid groups (broad SMARTS) is 1. The summed E-state index contributed by atoms with van der Waals surface area (Å²) in [6.45, 7) is 0.206. The Bertz CT molecular complexity index is 487. The molecule has 0 aliphatic heterocycles. The lowest BCUT2D eigenvalue weighted by Gasteiger charge is -2.26. The lowest BCUT2D eigenvalue weighted by Crippen LogP contribution is -2.44. The Morgan fingerprint density at radius 1 is 1.47 bits per heavy atom. The second-order valence-electron chi connectivity index (χ2n) is 4.60. The minimum Gasteiger partial charge on any atom is -0.480 e. The topological polar surface area (TPSA) is 60.9 Å². The smallest absolute Gasteiger partial charge is 0.323 e. The van der Waals surface area contributed by atoms with Crippen molar-refractivity contribution in [1.29, 1.82) is 0 Å². The number of nitrogens with zero attached hydrogens (tertiary/aromatic N) is 2. The molecule has 0 radical (unpaired) electrons. The minimum absolute atomic E-state index is 0.0815. The highest BCUT2D eigenvalue weighted by Crippen LogP contribution is 2.28. The molecule has 1 heterocycles. The summed E-state index contributed by atoms with van der Waals surface area (Å²) in [7, 11) is 1.67.